The maximum Gasteiger partial charge on any atom is 0.154 e. The number of rotatable bonds is 4. The van der Waals surface area contributed by atoms with Crippen LogP contribution in [0.1, 0.15) is 19.6 Å². The quantitative estimate of drug-likeness (QED) is 0.762. The average molecular weight is 351 g/mol. The Kier molecular flexibility index (Phi) is 4.59. The molecule has 0 saturated carbocycles. The summed E-state index contributed by atoms with van der Waals surface area (Å²) in [7, 11) is 0. The van der Waals surface area contributed by atoms with Gasteiger partial charge in [-0.15, -0.1) is 0 Å². The van der Waals surface area contributed by atoms with Crippen molar-refractivity contribution in [1.82, 2.24) is 5.32 Å². The van der Waals surface area contributed by atoms with E-state index in [1.54, 1.807) is 6.07 Å². The van der Waals surface area contributed by atoms with Gasteiger partial charge in [0, 0.05) is 9.86 Å². The molecule has 5 heteroatoms. The van der Waals surface area contributed by atoms with Crippen LogP contribution < -0.4 is 5.32 Å². The Morgan fingerprint density at radius 2 is 2.06 bits per heavy atom. The molecule has 1 aromatic carbocycles. The second-order valence-electron chi connectivity index (χ2n) is 4.63. The van der Waals surface area contributed by atoms with E-state index in [1.165, 1.54) is 0 Å². The predicted octanol–water partition coefficient (Wildman–Crippen LogP) is 5.25. The minimum Gasteiger partial charge on any atom is -0.458 e. The van der Waals surface area contributed by atoms with Crippen molar-refractivity contribution in [2.75, 3.05) is 6.54 Å². The van der Waals surface area contributed by atoms with Crippen molar-refractivity contribution in [2.45, 2.75) is 20.4 Å². The van der Waals surface area contributed by atoms with E-state index >= 15 is 0 Å². The van der Waals surface area contributed by atoms with Gasteiger partial charge in [0.15, 0.2) is 5.58 Å². The van der Waals surface area contributed by atoms with Gasteiger partial charge < -0.3 is 9.73 Å². The topological polar surface area (TPSA) is 25.2 Å². The Morgan fingerprint density at radius 3 is 2.72 bits per heavy atom. The monoisotopic (exact) mass is 349 g/mol. The van der Waals surface area contributed by atoms with E-state index in [4.69, 9.17) is 27.6 Å². The molecule has 1 N–H and O–H groups in total. The third-order valence-corrected chi connectivity index (χ3v) is 4.09. The first kappa shape index (κ1) is 14.2. The Balaban J connectivity index is 2.27. The highest BCUT2D eigenvalue weighted by molar-refractivity contribution is 9.10. The predicted molar refractivity (Wildman–Crippen MR) is 80.5 cm³/mol. The van der Waals surface area contributed by atoms with E-state index in [9.17, 15) is 0 Å². The summed E-state index contributed by atoms with van der Waals surface area (Å²) in [6.45, 7) is 5.95. The zero-order chi connectivity index (χ0) is 13.3. The molecule has 1 heterocycles. The smallest absolute Gasteiger partial charge is 0.154 e. The molecular formula is C13H14BrCl2NO. The summed E-state index contributed by atoms with van der Waals surface area (Å²) in [4.78, 5) is 0. The van der Waals surface area contributed by atoms with E-state index in [-0.39, 0.29) is 0 Å². The molecule has 0 amide bonds. The largest absolute Gasteiger partial charge is 0.458 e. The van der Waals surface area contributed by atoms with Crippen LogP contribution in [0.25, 0.3) is 11.0 Å². The third kappa shape index (κ3) is 3.02. The van der Waals surface area contributed by atoms with Crippen LogP contribution >= 0.6 is 39.1 Å². The summed E-state index contributed by atoms with van der Waals surface area (Å²) in [6, 6.07) is 3.68. The number of hydrogen-bond donors (Lipinski definition) is 1. The van der Waals surface area contributed by atoms with Gasteiger partial charge in [-0.1, -0.05) is 37.0 Å². The molecule has 0 aliphatic rings. The number of halogens is 3. The molecule has 0 atom stereocenters. The standard InChI is InChI=1S/C13H14BrCl2NO/c1-7(2)5-17-6-8-3-9-12(16)10(14)4-11(15)13(9)18-8/h3-4,7,17H,5-6H2,1-2H3. The first-order valence-corrected chi connectivity index (χ1v) is 7.30. The lowest BCUT2D eigenvalue weighted by Crippen LogP contribution is -2.18. The van der Waals surface area contributed by atoms with Crippen molar-refractivity contribution in [3.8, 4) is 0 Å². The summed E-state index contributed by atoms with van der Waals surface area (Å²) in [5.41, 5.74) is 0.645. The average Bonchev–Trinajstić information content (AvgIpc) is 2.70. The number of hydrogen-bond acceptors (Lipinski definition) is 2. The molecule has 18 heavy (non-hydrogen) atoms. The van der Waals surface area contributed by atoms with Crippen LogP contribution in [0.15, 0.2) is 21.0 Å². The third-order valence-electron chi connectivity index (χ3n) is 2.55. The van der Waals surface area contributed by atoms with Gasteiger partial charge in [0.05, 0.1) is 16.6 Å². The Labute approximate surface area is 125 Å². The molecule has 0 spiro atoms. The van der Waals surface area contributed by atoms with Crippen molar-refractivity contribution >= 4 is 50.1 Å². The van der Waals surface area contributed by atoms with Crippen LogP contribution in [-0.2, 0) is 6.54 Å². The van der Waals surface area contributed by atoms with Gasteiger partial charge in [0.1, 0.15) is 5.76 Å². The highest BCUT2D eigenvalue weighted by Crippen LogP contribution is 2.37. The van der Waals surface area contributed by atoms with Gasteiger partial charge in [-0.25, -0.2) is 0 Å². The SMILES string of the molecule is CC(C)CNCc1cc2c(Cl)c(Br)cc(Cl)c2o1. The molecule has 0 saturated heterocycles. The van der Waals surface area contributed by atoms with Crippen LogP contribution in [-0.4, -0.2) is 6.54 Å². The Morgan fingerprint density at radius 1 is 1.33 bits per heavy atom. The summed E-state index contributed by atoms with van der Waals surface area (Å²) < 4.78 is 6.50. The lowest BCUT2D eigenvalue weighted by atomic mass is 10.2. The molecule has 2 nitrogen and oxygen atoms in total. The van der Waals surface area contributed by atoms with Crippen LogP contribution in [0.5, 0.6) is 0 Å². The Bertz CT molecular complexity index is 566. The highest BCUT2D eigenvalue weighted by atomic mass is 79.9. The second kappa shape index (κ2) is 5.83. The highest BCUT2D eigenvalue weighted by Gasteiger charge is 2.13. The van der Waals surface area contributed by atoms with Crippen molar-refractivity contribution in [3.63, 3.8) is 0 Å². The van der Waals surface area contributed by atoms with Crippen LogP contribution in [0.3, 0.4) is 0 Å². The molecule has 98 valence electrons. The zero-order valence-electron chi connectivity index (χ0n) is 10.2. The van der Waals surface area contributed by atoms with Gasteiger partial charge in [-0.3, -0.25) is 0 Å². The van der Waals surface area contributed by atoms with E-state index < -0.39 is 0 Å². The minimum atomic E-state index is 0.566. The van der Waals surface area contributed by atoms with Crippen molar-refractivity contribution in [2.24, 2.45) is 5.92 Å². The van der Waals surface area contributed by atoms with E-state index in [0.29, 0.717) is 28.1 Å². The van der Waals surface area contributed by atoms with Crippen molar-refractivity contribution in [1.29, 1.82) is 0 Å². The van der Waals surface area contributed by atoms with Crippen molar-refractivity contribution in [3.05, 3.63) is 32.4 Å². The fourth-order valence-corrected chi connectivity index (χ4v) is 2.74. The first-order chi connectivity index (χ1) is 8.49. The van der Waals surface area contributed by atoms with E-state index in [1.807, 2.05) is 6.07 Å². The lowest BCUT2D eigenvalue weighted by Gasteiger charge is -2.04. The first-order valence-electron chi connectivity index (χ1n) is 5.75. The molecule has 0 aliphatic heterocycles. The van der Waals surface area contributed by atoms with Crippen molar-refractivity contribution < 1.29 is 4.42 Å². The fraction of sp³-hybridized carbons (Fsp3) is 0.385. The molecule has 0 fully saturated rings. The molecule has 1 aromatic heterocycles. The summed E-state index contributed by atoms with van der Waals surface area (Å²) in [5, 5.41) is 5.37. The van der Waals surface area contributed by atoms with Gasteiger partial charge in [-0.2, -0.15) is 0 Å². The normalized spacial score (nSPS) is 11.7. The van der Waals surface area contributed by atoms with Crippen LogP contribution in [0, 0.1) is 5.92 Å². The summed E-state index contributed by atoms with van der Waals surface area (Å²) in [6.07, 6.45) is 0. The maximum absolute atomic E-state index is 6.21. The van der Waals surface area contributed by atoms with E-state index in [2.05, 4.69) is 35.1 Å². The minimum absolute atomic E-state index is 0.566. The summed E-state index contributed by atoms with van der Waals surface area (Å²) in [5.74, 6) is 1.45. The zero-order valence-corrected chi connectivity index (χ0v) is 13.3. The molecule has 2 rings (SSSR count). The Hall–Kier alpha value is -0.220. The van der Waals surface area contributed by atoms with E-state index in [0.717, 1.165) is 22.2 Å². The molecular weight excluding hydrogens is 337 g/mol. The van der Waals surface area contributed by atoms with Gasteiger partial charge in [-0.05, 0) is 40.5 Å². The molecule has 0 bridgehead atoms. The second-order valence-corrected chi connectivity index (χ2v) is 6.27. The molecule has 0 radical (unpaired) electrons. The number of nitrogens with one attached hydrogen (secondary N) is 1. The lowest BCUT2D eigenvalue weighted by molar-refractivity contribution is 0.485. The molecule has 2 aromatic rings. The van der Waals surface area contributed by atoms with Gasteiger partial charge in [0.2, 0.25) is 0 Å². The van der Waals surface area contributed by atoms with Crippen LogP contribution in [0.2, 0.25) is 10.0 Å². The van der Waals surface area contributed by atoms with Crippen LogP contribution in [0.4, 0.5) is 0 Å². The maximum atomic E-state index is 6.21. The van der Waals surface area contributed by atoms with Gasteiger partial charge in [0.25, 0.3) is 0 Å². The number of fused-ring (bicyclic) bond motifs is 1. The molecule has 0 unspecified atom stereocenters. The number of furan rings is 1. The van der Waals surface area contributed by atoms with Gasteiger partial charge >= 0.3 is 0 Å². The number of benzene rings is 1. The fourth-order valence-electron chi connectivity index (χ4n) is 1.72. The molecule has 0 aliphatic carbocycles. The summed E-state index contributed by atoms with van der Waals surface area (Å²) >= 11 is 15.7.